The maximum absolute atomic E-state index is 14.9. The molecule has 1 aromatic carbocycles. The molecule has 28 heavy (non-hydrogen) atoms. The Kier molecular flexibility index (Phi) is 4.33. The highest BCUT2D eigenvalue weighted by Gasteiger charge is 2.46. The monoisotopic (exact) mass is 419 g/mol. The largest absolute Gasteiger partial charge is 0.394 e. The molecule has 2 N–H and O–H groups in total. The molecule has 4 aromatic rings. The van der Waals surface area contributed by atoms with Crippen LogP contribution in [0.1, 0.15) is 6.23 Å². The summed E-state index contributed by atoms with van der Waals surface area (Å²) in [6.45, 7) is -0.476. The van der Waals surface area contributed by atoms with Gasteiger partial charge in [0.05, 0.1) is 28.1 Å². The van der Waals surface area contributed by atoms with Gasteiger partial charge in [0.1, 0.15) is 24.2 Å². The molecule has 144 valence electrons. The third-order valence-corrected chi connectivity index (χ3v) is 6.14. The van der Waals surface area contributed by atoms with Crippen molar-refractivity contribution < 1.29 is 19.3 Å². The van der Waals surface area contributed by atoms with E-state index < -0.39 is 31.2 Å². The second-order valence-corrected chi connectivity index (χ2v) is 8.00. The van der Waals surface area contributed by atoms with E-state index in [4.69, 9.17) is 16.3 Å². The molecular formula is C19H15ClFN3O3S. The Morgan fingerprint density at radius 2 is 2.14 bits per heavy atom. The van der Waals surface area contributed by atoms with Gasteiger partial charge in [-0.2, -0.15) is 0 Å². The van der Waals surface area contributed by atoms with Crippen LogP contribution in [0.25, 0.3) is 32.5 Å². The Bertz CT molecular complexity index is 1170. The van der Waals surface area contributed by atoms with Crippen molar-refractivity contribution in [2.45, 2.75) is 24.6 Å². The lowest BCUT2D eigenvalue weighted by Crippen LogP contribution is -2.30. The van der Waals surface area contributed by atoms with Crippen LogP contribution in [0.15, 0.2) is 42.0 Å². The van der Waals surface area contributed by atoms with Crippen molar-refractivity contribution in [3.8, 4) is 10.6 Å². The molecule has 0 amide bonds. The lowest BCUT2D eigenvalue weighted by molar-refractivity contribution is -0.0442. The van der Waals surface area contributed by atoms with Crippen molar-refractivity contribution in [2.24, 2.45) is 0 Å². The van der Waals surface area contributed by atoms with Crippen molar-refractivity contribution in [3.63, 3.8) is 0 Å². The van der Waals surface area contributed by atoms with Crippen molar-refractivity contribution in [2.75, 3.05) is 6.61 Å². The molecule has 5 rings (SSSR count). The number of hydrogen-bond donors (Lipinski definition) is 2. The first kappa shape index (κ1) is 18.0. The molecule has 0 aliphatic carbocycles. The van der Waals surface area contributed by atoms with Crippen LogP contribution in [0.3, 0.4) is 0 Å². The van der Waals surface area contributed by atoms with Gasteiger partial charge < -0.3 is 14.9 Å². The van der Waals surface area contributed by atoms with Crippen LogP contribution in [-0.4, -0.2) is 49.7 Å². The van der Waals surface area contributed by atoms with E-state index in [2.05, 4.69) is 9.97 Å². The summed E-state index contributed by atoms with van der Waals surface area (Å²) in [7, 11) is 0. The summed E-state index contributed by atoms with van der Waals surface area (Å²) in [6, 6.07) is 9.15. The van der Waals surface area contributed by atoms with Gasteiger partial charge in [-0.1, -0.05) is 17.7 Å². The van der Waals surface area contributed by atoms with Gasteiger partial charge in [0, 0.05) is 10.4 Å². The van der Waals surface area contributed by atoms with Crippen LogP contribution in [0, 0.1) is 0 Å². The summed E-state index contributed by atoms with van der Waals surface area (Å²) in [4.78, 5) is 9.80. The number of nitrogens with zero attached hydrogens (tertiary/aromatic N) is 3. The van der Waals surface area contributed by atoms with Crippen molar-refractivity contribution in [3.05, 3.63) is 47.1 Å². The minimum Gasteiger partial charge on any atom is -0.394 e. The quantitative estimate of drug-likeness (QED) is 0.530. The van der Waals surface area contributed by atoms with E-state index >= 15 is 0 Å². The molecule has 0 bridgehead atoms. The fourth-order valence-electron chi connectivity index (χ4n) is 3.76. The van der Waals surface area contributed by atoms with E-state index in [0.717, 1.165) is 21.3 Å². The highest BCUT2D eigenvalue weighted by molar-refractivity contribution is 7.13. The average Bonchev–Trinajstić information content (AvgIpc) is 3.40. The number of thiophene rings is 1. The number of aliphatic hydroxyl groups is 2. The maximum Gasteiger partial charge on any atom is 0.173 e. The Morgan fingerprint density at radius 3 is 2.86 bits per heavy atom. The Balaban J connectivity index is 1.84. The number of ether oxygens (including phenoxy) is 1. The topological polar surface area (TPSA) is 80.4 Å². The molecular weight excluding hydrogens is 405 g/mol. The molecule has 0 saturated carbocycles. The molecule has 6 nitrogen and oxygen atoms in total. The van der Waals surface area contributed by atoms with Crippen molar-refractivity contribution in [1.82, 2.24) is 14.5 Å². The first-order valence-electron chi connectivity index (χ1n) is 8.66. The van der Waals surface area contributed by atoms with E-state index in [1.54, 1.807) is 22.8 Å². The van der Waals surface area contributed by atoms with E-state index in [0.29, 0.717) is 16.2 Å². The number of alkyl halides is 1. The molecule has 3 aromatic heterocycles. The van der Waals surface area contributed by atoms with E-state index in [9.17, 15) is 14.6 Å². The number of aliphatic hydroxyl groups excluding tert-OH is 2. The normalized spacial score (nSPS) is 25.1. The predicted molar refractivity (Wildman–Crippen MR) is 105 cm³/mol. The van der Waals surface area contributed by atoms with Gasteiger partial charge in [-0.3, -0.25) is 4.57 Å². The van der Waals surface area contributed by atoms with Gasteiger partial charge in [0.25, 0.3) is 0 Å². The number of fused-ring (bicyclic) bond motifs is 3. The molecule has 0 unspecified atom stereocenters. The smallest absolute Gasteiger partial charge is 0.173 e. The molecule has 1 aliphatic heterocycles. The highest BCUT2D eigenvalue weighted by atomic mass is 35.5. The standard InChI is InChI=1S/C19H15ClFN3O3S/c20-9-3-4-11-10(6-9)14-16(13-2-1-5-28-13)22-8-23-18(14)24(11)19-15(21)17(26)12(7-25)27-19/h1-6,8,12,15,17,19,25-26H,7H2/t12-,15+,17-,19-/m1/s1. The molecule has 1 saturated heterocycles. The minimum atomic E-state index is -1.72. The van der Waals surface area contributed by atoms with Crippen LogP contribution in [-0.2, 0) is 4.74 Å². The lowest BCUT2D eigenvalue weighted by Gasteiger charge is -2.17. The van der Waals surface area contributed by atoms with Gasteiger partial charge in [0.15, 0.2) is 12.4 Å². The van der Waals surface area contributed by atoms with Gasteiger partial charge in [-0.15, -0.1) is 11.3 Å². The number of hydrogen-bond acceptors (Lipinski definition) is 6. The summed E-state index contributed by atoms with van der Waals surface area (Å²) in [5.74, 6) is 0. The Labute approximate surface area is 167 Å². The molecule has 0 radical (unpaired) electrons. The van der Waals surface area contributed by atoms with Crippen LogP contribution in [0.2, 0.25) is 5.02 Å². The number of halogens is 2. The predicted octanol–water partition coefficient (Wildman–Crippen LogP) is 3.56. The number of aromatic nitrogens is 3. The van der Waals surface area contributed by atoms with E-state index in [-0.39, 0.29) is 0 Å². The molecule has 4 atom stereocenters. The van der Waals surface area contributed by atoms with Crippen LogP contribution >= 0.6 is 22.9 Å². The second kappa shape index (κ2) is 6.75. The van der Waals surface area contributed by atoms with Crippen LogP contribution < -0.4 is 0 Å². The third kappa shape index (κ3) is 2.57. The summed E-state index contributed by atoms with van der Waals surface area (Å²) in [5.41, 5.74) is 1.86. The number of rotatable bonds is 3. The van der Waals surface area contributed by atoms with Crippen LogP contribution in [0.5, 0.6) is 0 Å². The molecule has 4 heterocycles. The Morgan fingerprint density at radius 1 is 1.29 bits per heavy atom. The van der Waals surface area contributed by atoms with Crippen molar-refractivity contribution >= 4 is 44.9 Å². The average molecular weight is 420 g/mol. The zero-order valence-corrected chi connectivity index (χ0v) is 15.9. The Hall–Kier alpha value is -2.10. The molecule has 1 aliphatic rings. The lowest BCUT2D eigenvalue weighted by atomic mass is 10.1. The molecule has 1 fully saturated rings. The zero-order valence-electron chi connectivity index (χ0n) is 14.4. The summed E-state index contributed by atoms with van der Waals surface area (Å²) >= 11 is 7.78. The SMILES string of the molecule is OC[C@H]1O[C@@H](n2c3ccc(Cl)cc3c3c(-c4cccs4)ncnc32)[C@@H](F)[C@@H]1O. The summed E-state index contributed by atoms with van der Waals surface area (Å²) in [6.07, 6.45) is -3.84. The molecule has 9 heteroatoms. The van der Waals surface area contributed by atoms with E-state index in [1.165, 1.54) is 17.7 Å². The van der Waals surface area contributed by atoms with Crippen molar-refractivity contribution in [1.29, 1.82) is 0 Å². The zero-order chi connectivity index (χ0) is 19.4. The fourth-order valence-corrected chi connectivity index (χ4v) is 4.66. The van der Waals surface area contributed by atoms with Gasteiger partial charge in [0.2, 0.25) is 0 Å². The minimum absolute atomic E-state index is 0.476. The first-order chi connectivity index (χ1) is 13.6. The van der Waals surface area contributed by atoms with Gasteiger partial charge in [-0.05, 0) is 29.6 Å². The van der Waals surface area contributed by atoms with Gasteiger partial charge in [-0.25, -0.2) is 14.4 Å². The first-order valence-corrected chi connectivity index (χ1v) is 9.92. The van der Waals surface area contributed by atoms with Gasteiger partial charge >= 0.3 is 0 Å². The van der Waals surface area contributed by atoms with Crippen LogP contribution in [0.4, 0.5) is 4.39 Å². The second-order valence-electron chi connectivity index (χ2n) is 6.61. The van der Waals surface area contributed by atoms with E-state index in [1.807, 2.05) is 17.5 Å². The fraction of sp³-hybridized carbons (Fsp3) is 0.263. The highest BCUT2D eigenvalue weighted by Crippen LogP contribution is 2.42. The summed E-state index contributed by atoms with van der Waals surface area (Å²) < 4.78 is 22.2. The third-order valence-electron chi connectivity index (χ3n) is 5.03. The number of benzene rings is 1. The summed E-state index contributed by atoms with van der Waals surface area (Å²) in [5, 5.41) is 23.5. The maximum atomic E-state index is 14.9. The molecule has 0 spiro atoms.